The number of methoxy groups -OCH3 is 4. The number of nitrogens with one attached hydrogen (secondary N) is 1. The Kier molecular flexibility index (Phi) is 5.86. The van der Waals surface area contributed by atoms with E-state index in [2.05, 4.69) is 5.32 Å². The molecule has 5 rings (SSSR count). The molecule has 1 N–H and O–H groups in total. The van der Waals surface area contributed by atoms with Crippen LogP contribution in [0.1, 0.15) is 44.1 Å². The summed E-state index contributed by atoms with van der Waals surface area (Å²) in [7, 11) is 5.76. The predicted octanol–water partition coefficient (Wildman–Crippen LogP) is 3.81. The number of ether oxygens (including phenoxy) is 4. The highest BCUT2D eigenvalue weighted by Crippen LogP contribution is 2.62. The van der Waals surface area contributed by atoms with E-state index in [9.17, 15) is 9.59 Å². The second-order valence-electron chi connectivity index (χ2n) is 9.15. The summed E-state index contributed by atoms with van der Waals surface area (Å²) in [5.74, 6) is 2.19. The van der Waals surface area contributed by atoms with Crippen LogP contribution in [0.25, 0.3) is 0 Å². The van der Waals surface area contributed by atoms with Crippen LogP contribution in [-0.4, -0.2) is 40.4 Å². The fourth-order valence-corrected chi connectivity index (χ4v) is 6.44. The Morgan fingerprint density at radius 1 is 0.903 bits per heavy atom. The van der Waals surface area contributed by atoms with Gasteiger partial charge in [-0.05, 0) is 73.3 Å². The normalized spacial score (nSPS) is 28.8. The zero-order valence-electron chi connectivity index (χ0n) is 18.7. The molecule has 0 atom stereocenters. The van der Waals surface area contributed by atoms with Crippen LogP contribution in [0.4, 0.5) is 5.69 Å². The number of hydrogen-bond donors (Lipinski definition) is 1. The minimum atomic E-state index is -0.642. The van der Waals surface area contributed by atoms with Gasteiger partial charge in [0.25, 0.3) is 0 Å². The largest absolute Gasteiger partial charge is 0.493 e. The van der Waals surface area contributed by atoms with E-state index in [1.54, 1.807) is 14.2 Å². The van der Waals surface area contributed by atoms with Crippen molar-refractivity contribution >= 4 is 17.6 Å². The molecule has 0 saturated heterocycles. The molecular weight excluding hydrogens is 398 g/mol. The second kappa shape index (κ2) is 8.44. The average Bonchev–Trinajstić information content (AvgIpc) is 2.76. The van der Waals surface area contributed by atoms with E-state index in [1.165, 1.54) is 33.5 Å². The van der Waals surface area contributed by atoms with Crippen LogP contribution < -0.4 is 14.8 Å². The molecule has 0 unspecified atom stereocenters. The quantitative estimate of drug-likeness (QED) is 0.521. The van der Waals surface area contributed by atoms with Crippen LogP contribution in [0.3, 0.4) is 0 Å². The van der Waals surface area contributed by atoms with E-state index in [4.69, 9.17) is 18.9 Å². The lowest BCUT2D eigenvalue weighted by Gasteiger charge is -2.57. The molecule has 0 aromatic heterocycles. The smallest absolute Gasteiger partial charge is 0.354 e. The highest BCUT2D eigenvalue weighted by molar-refractivity contribution is 5.99. The number of benzene rings is 1. The molecule has 0 heterocycles. The van der Waals surface area contributed by atoms with Crippen molar-refractivity contribution in [3.05, 3.63) is 29.5 Å². The van der Waals surface area contributed by atoms with Gasteiger partial charge in [-0.3, -0.25) is 0 Å². The molecule has 4 aliphatic carbocycles. The van der Waals surface area contributed by atoms with Gasteiger partial charge in [-0.1, -0.05) is 0 Å². The van der Waals surface area contributed by atoms with Crippen LogP contribution in [0.5, 0.6) is 11.5 Å². The summed E-state index contributed by atoms with van der Waals surface area (Å²) in [6.45, 7) is 0. The molecule has 0 amide bonds. The Balaban J connectivity index is 1.81. The van der Waals surface area contributed by atoms with Gasteiger partial charge >= 0.3 is 11.9 Å². The van der Waals surface area contributed by atoms with Gasteiger partial charge in [0.05, 0.1) is 34.5 Å². The summed E-state index contributed by atoms with van der Waals surface area (Å²) < 4.78 is 20.8. The van der Waals surface area contributed by atoms with Crippen LogP contribution in [0.15, 0.2) is 23.9 Å². The third-order valence-electron chi connectivity index (χ3n) is 7.27. The van der Waals surface area contributed by atoms with Crippen molar-refractivity contribution in [1.29, 1.82) is 0 Å². The second-order valence-corrected chi connectivity index (χ2v) is 9.15. The first-order valence-electron chi connectivity index (χ1n) is 10.8. The standard InChI is InChI=1S/C24H31NO6/c1-28-20-8-17(24-11-14-5-15(12-24)7-16(6-14)13-24)18(9-21(20)29-2)25-19(23(27)31-4)10-22(26)30-3/h8-10,14-16,25H,5-7,11-13H2,1-4H3/b19-10+. The Hall–Kier alpha value is -2.70. The third-order valence-corrected chi connectivity index (χ3v) is 7.27. The minimum absolute atomic E-state index is 0.0209. The molecule has 4 fully saturated rings. The topological polar surface area (TPSA) is 83.1 Å². The van der Waals surface area contributed by atoms with E-state index in [1.807, 2.05) is 12.1 Å². The van der Waals surface area contributed by atoms with Crippen molar-refractivity contribution in [2.24, 2.45) is 17.8 Å². The number of esters is 2. The minimum Gasteiger partial charge on any atom is -0.493 e. The SMILES string of the molecule is COC(=O)/C=C(/Nc1cc(OC)c(OC)cc1C12CC3CC(CC(C3)C1)C2)C(=O)OC. The average molecular weight is 430 g/mol. The molecule has 1 aromatic rings. The van der Waals surface area contributed by atoms with Gasteiger partial charge in [-0.25, -0.2) is 9.59 Å². The van der Waals surface area contributed by atoms with E-state index in [0.717, 1.165) is 54.3 Å². The van der Waals surface area contributed by atoms with Gasteiger partial charge < -0.3 is 24.3 Å². The van der Waals surface area contributed by atoms with Crippen LogP contribution in [0.2, 0.25) is 0 Å². The molecule has 4 bridgehead atoms. The summed E-state index contributed by atoms with van der Waals surface area (Å²) in [6.07, 6.45) is 8.50. The maximum absolute atomic E-state index is 12.4. The predicted molar refractivity (Wildman–Crippen MR) is 115 cm³/mol. The molecule has 1 aromatic carbocycles. The van der Waals surface area contributed by atoms with Crippen molar-refractivity contribution in [2.75, 3.05) is 33.8 Å². The van der Waals surface area contributed by atoms with Gasteiger partial charge in [0.2, 0.25) is 0 Å². The highest BCUT2D eigenvalue weighted by Gasteiger charge is 2.52. The van der Waals surface area contributed by atoms with Crippen LogP contribution in [-0.2, 0) is 24.5 Å². The van der Waals surface area contributed by atoms with Crippen molar-refractivity contribution in [3.8, 4) is 11.5 Å². The molecule has 0 spiro atoms. The lowest BCUT2D eigenvalue weighted by Crippen LogP contribution is -2.48. The summed E-state index contributed by atoms with van der Waals surface area (Å²) in [5, 5.41) is 3.16. The first-order valence-corrected chi connectivity index (χ1v) is 10.8. The molecule has 168 valence electrons. The van der Waals surface area contributed by atoms with Gasteiger partial charge in [0.1, 0.15) is 5.70 Å². The summed E-state index contributed by atoms with van der Waals surface area (Å²) in [6, 6.07) is 3.89. The highest BCUT2D eigenvalue weighted by atomic mass is 16.5. The van der Waals surface area contributed by atoms with Crippen LogP contribution >= 0.6 is 0 Å². The molecule has 31 heavy (non-hydrogen) atoms. The monoisotopic (exact) mass is 429 g/mol. The molecule has 0 radical (unpaired) electrons. The van der Waals surface area contributed by atoms with E-state index in [0.29, 0.717) is 11.5 Å². The van der Waals surface area contributed by atoms with Crippen molar-refractivity contribution in [2.45, 2.75) is 43.9 Å². The Morgan fingerprint density at radius 3 is 1.94 bits per heavy atom. The Morgan fingerprint density at radius 2 is 1.45 bits per heavy atom. The number of carbonyl (C=O) groups is 2. The van der Waals surface area contributed by atoms with Gasteiger partial charge in [-0.2, -0.15) is 0 Å². The van der Waals surface area contributed by atoms with Crippen molar-refractivity contribution < 1.29 is 28.5 Å². The van der Waals surface area contributed by atoms with Crippen molar-refractivity contribution in [1.82, 2.24) is 0 Å². The van der Waals surface area contributed by atoms with Gasteiger partial charge in [0, 0.05) is 11.8 Å². The molecule has 7 nitrogen and oxygen atoms in total. The maximum atomic E-state index is 12.4. The molecule has 7 heteroatoms. The number of rotatable bonds is 7. The maximum Gasteiger partial charge on any atom is 0.354 e. The van der Waals surface area contributed by atoms with E-state index in [-0.39, 0.29) is 11.1 Å². The summed E-state index contributed by atoms with van der Waals surface area (Å²) in [5.41, 5.74) is 1.90. The fraction of sp³-hybridized carbons (Fsp3) is 0.583. The van der Waals surface area contributed by atoms with Gasteiger partial charge in [-0.15, -0.1) is 0 Å². The third kappa shape index (κ3) is 3.98. The zero-order valence-corrected chi connectivity index (χ0v) is 18.7. The first-order chi connectivity index (χ1) is 14.9. The van der Waals surface area contributed by atoms with Crippen molar-refractivity contribution in [3.63, 3.8) is 0 Å². The molecule has 4 aliphatic rings. The number of hydrogen-bond acceptors (Lipinski definition) is 7. The summed E-state index contributed by atoms with van der Waals surface area (Å²) >= 11 is 0. The van der Waals surface area contributed by atoms with E-state index < -0.39 is 11.9 Å². The lowest BCUT2D eigenvalue weighted by molar-refractivity contribution is -0.138. The fourth-order valence-electron chi connectivity index (χ4n) is 6.44. The first kappa shape index (κ1) is 21.5. The molecule has 4 saturated carbocycles. The van der Waals surface area contributed by atoms with E-state index >= 15 is 0 Å². The Bertz CT molecular complexity index is 870. The van der Waals surface area contributed by atoms with Gasteiger partial charge in [0.15, 0.2) is 11.5 Å². The summed E-state index contributed by atoms with van der Waals surface area (Å²) in [4.78, 5) is 24.3. The Labute approximate surface area is 183 Å². The lowest BCUT2D eigenvalue weighted by atomic mass is 9.48. The number of anilines is 1. The number of carbonyl (C=O) groups excluding carboxylic acids is 2. The zero-order chi connectivity index (χ0) is 22.2. The molecule has 0 aliphatic heterocycles. The molecular formula is C24H31NO6. The van der Waals surface area contributed by atoms with Crippen LogP contribution in [0, 0.1) is 17.8 Å².